The van der Waals surface area contributed by atoms with E-state index >= 15 is 0 Å². The first-order valence-corrected chi connectivity index (χ1v) is 8.04. The van der Waals surface area contributed by atoms with Crippen LogP contribution >= 0.6 is 0 Å². The minimum Gasteiger partial charge on any atom is -0.315 e. The normalized spacial score (nSPS) is 28.9. The van der Waals surface area contributed by atoms with Crippen LogP contribution in [0.3, 0.4) is 0 Å². The second-order valence-electron chi connectivity index (χ2n) is 6.19. The molecule has 2 fully saturated rings. The summed E-state index contributed by atoms with van der Waals surface area (Å²) in [6, 6.07) is 12.3. The maximum atomic E-state index is 3.51. The Balaban J connectivity index is 1.49. The van der Waals surface area contributed by atoms with Crippen molar-refractivity contribution in [2.24, 2.45) is 0 Å². The van der Waals surface area contributed by atoms with E-state index in [0.717, 1.165) is 18.6 Å². The second kappa shape index (κ2) is 6.70. The minimum absolute atomic E-state index is 0.718. The molecular weight excluding hydrogens is 246 g/mol. The van der Waals surface area contributed by atoms with Gasteiger partial charge in [-0.3, -0.25) is 9.80 Å². The van der Waals surface area contributed by atoms with Gasteiger partial charge in [0.15, 0.2) is 0 Å². The number of benzene rings is 1. The van der Waals surface area contributed by atoms with Crippen LogP contribution in [0.5, 0.6) is 0 Å². The third-order valence-corrected chi connectivity index (χ3v) is 4.98. The summed E-state index contributed by atoms with van der Waals surface area (Å²) in [6.45, 7) is 5.99. The fourth-order valence-electron chi connectivity index (χ4n) is 3.81. The van der Waals surface area contributed by atoms with Gasteiger partial charge in [-0.25, -0.2) is 0 Å². The summed E-state index contributed by atoms with van der Waals surface area (Å²) in [7, 11) is 2.12. The fourth-order valence-corrected chi connectivity index (χ4v) is 3.81. The number of likely N-dealkylation sites (N-methyl/N-ethyl adjacent to an activating group) is 1. The highest BCUT2D eigenvalue weighted by Gasteiger charge is 2.32. The van der Waals surface area contributed by atoms with Crippen molar-refractivity contribution in [3.05, 3.63) is 35.9 Å². The van der Waals surface area contributed by atoms with Gasteiger partial charge in [0.1, 0.15) is 0 Å². The molecular formula is C17H27N3. The van der Waals surface area contributed by atoms with E-state index in [1.165, 1.54) is 51.0 Å². The Morgan fingerprint density at radius 2 is 1.80 bits per heavy atom. The van der Waals surface area contributed by atoms with Crippen molar-refractivity contribution in [1.29, 1.82) is 0 Å². The summed E-state index contributed by atoms with van der Waals surface area (Å²) in [6.07, 6.45) is 4.12. The molecule has 3 nitrogen and oxygen atoms in total. The van der Waals surface area contributed by atoms with Gasteiger partial charge in [-0.05, 0) is 25.5 Å². The highest BCUT2D eigenvalue weighted by molar-refractivity contribution is 5.14. The Morgan fingerprint density at radius 1 is 1.05 bits per heavy atom. The highest BCUT2D eigenvalue weighted by atomic mass is 15.3. The van der Waals surface area contributed by atoms with E-state index < -0.39 is 0 Å². The van der Waals surface area contributed by atoms with Crippen molar-refractivity contribution in [2.45, 2.75) is 37.9 Å². The molecule has 1 saturated carbocycles. The monoisotopic (exact) mass is 273 g/mol. The lowest BCUT2D eigenvalue weighted by Crippen LogP contribution is -2.54. The van der Waals surface area contributed by atoms with Crippen molar-refractivity contribution in [2.75, 3.05) is 33.2 Å². The lowest BCUT2D eigenvalue weighted by Gasteiger charge is -2.40. The number of nitrogens with zero attached hydrogens (tertiary/aromatic N) is 2. The summed E-state index contributed by atoms with van der Waals surface area (Å²) >= 11 is 0. The van der Waals surface area contributed by atoms with Crippen LogP contribution in [0.4, 0.5) is 0 Å². The van der Waals surface area contributed by atoms with Gasteiger partial charge in [0.25, 0.3) is 0 Å². The lowest BCUT2D eigenvalue weighted by atomic mass is 10.1. The molecule has 1 aromatic carbocycles. The Hall–Kier alpha value is -0.900. The standard InChI is InChI=1S/C17H27N3/c1-18-16-8-5-9-17(16)20-12-10-19(11-13-20)14-15-6-3-2-4-7-15/h2-4,6-7,16-18H,5,8-14H2,1H3/t16-,17-/m1/s1. The number of rotatable bonds is 4. The first kappa shape index (κ1) is 14.1. The van der Waals surface area contributed by atoms with E-state index in [1.54, 1.807) is 0 Å². The molecule has 1 saturated heterocycles. The van der Waals surface area contributed by atoms with Gasteiger partial charge in [-0.2, -0.15) is 0 Å². The molecule has 3 heteroatoms. The van der Waals surface area contributed by atoms with E-state index in [-0.39, 0.29) is 0 Å². The van der Waals surface area contributed by atoms with Crippen LogP contribution in [0, 0.1) is 0 Å². The first-order valence-electron chi connectivity index (χ1n) is 8.04. The maximum absolute atomic E-state index is 3.51. The molecule has 0 bridgehead atoms. The van der Waals surface area contributed by atoms with E-state index in [0.29, 0.717) is 0 Å². The summed E-state index contributed by atoms with van der Waals surface area (Å²) in [5.41, 5.74) is 1.44. The largest absolute Gasteiger partial charge is 0.315 e. The molecule has 0 aromatic heterocycles. The van der Waals surface area contributed by atoms with Gasteiger partial charge >= 0.3 is 0 Å². The number of piperazine rings is 1. The molecule has 0 spiro atoms. The van der Waals surface area contributed by atoms with Crippen molar-refractivity contribution in [1.82, 2.24) is 15.1 Å². The molecule has 1 aromatic rings. The van der Waals surface area contributed by atoms with E-state index in [4.69, 9.17) is 0 Å². The van der Waals surface area contributed by atoms with Crippen LogP contribution in [0.2, 0.25) is 0 Å². The van der Waals surface area contributed by atoms with Crippen LogP contribution < -0.4 is 5.32 Å². The summed E-state index contributed by atoms with van der Waals surface area (Å²) in [4.78, 5) is 5.31. The zero-order valence-corrected chi connectivity index (χ0v) is 12.6. The van der Waals surface area contributed by atoms with Gasteiger partial charge in [0, 0.05) is 44.8 Å². The van der Waals surface area contributed by atoms with Gasteiger partial charge < -0.3 is 5.32 Å². The zero-order chi connectivity index (χ0) is 13.8. The molecule has 3 rings (SSSR count). The zero-order valence-electron chi connectivity index (χ0n) is 12.6. The third kappa shape index (κ3) is 3.22. The van der Waals surface area contributed by atoms with Crippen LogP contribution in [0.1, 0.15) is 24.8 Å². The highest BCUT2D eigenvalue weighted by Crippen LogP contribution is 2.25. The third-order valence-electron chi connectivity index (χ3n) is 4.98. The molecule has 1 aliphatic carbocycles. The second-order valence-corrected chi connectivity index (χ2v) is 6.19. The molecule has 2 atom stereocenters. The first-order chi connectivity index (χ1) is 9.86. The SMILES string of the molecule is CN[C@@H]1CCC[C@H]1N1CCN(Cc2ccccc2)CC1. The lowest BCUT2D eigenvalue weighted by molar-refractivity contribution is 0.0840. The predicted octanol–water partition coefficient (Wildman–Crippen LogP) is 1.94. The minimum atomic E-state index is 0.718. The summed E-state index contributed by atoms with van der Waals surface area (Å²) in [5.74, 6) is 0. The molecule has 0 radical (unpaired) electrons. The van der Waals surface area contributed by atoms with Gasteiger partial charge in [-0.1, -0.05) is 36.8 Å². The van der Waals surface area contributed by atoms with Crippen LogP contribution in [-0.2, 0) is 6.54 Å². The topological polar surface area (TPSA) is 18.5 Å². The van der Waals surface area contributed by atoms with Crippen molar-refractivity contribution in [3.63, 3.8) is 0 Å². The Bertz CT molecular complexity index is 398. The Labute approximate surface area is 123 Å². The van der Waals surface area contributed by atoms with Crippen LogP contribution in [-0.4, -0.2) is 55.1 Å². The van der Waals surface area contributed by atoms with Gasteiger partial charge in [-0.15, -0.1) is 0 Å². The van der Waals surface area contributed by atoms with Crippen LogP contribution in [0.25, 0.3) is 0 Å². The van der Waals surface area contributed by atoms with Gasteiger partial charge in [0.05, 0.1) is 0 Å². The number of hydrogen-bond acceptors (Lipinski definition) is 3. The Morgan fingerprint density at radius 3 is 2.50 bits per heavy atom. The molecule has 1 heterocycles. The average molecular weight is 273 g/mol. The average Bonchev–Trinajstić information content (AvgIpc) is 2.98. The summed E-state index contributed by atoms with van der Waals surface area (Å²) < 4.78 is 0. The maximum Gasteiger partial charge on any atom is 0.0250 e. The number of hydrogen-bond donors (Lipinski definition) is 1. The van der Waals surface area contributed by atoms with E-state index in [9.17, 15) is 0 Å². The molecule has 2 aliphatic rings. The van der Waals surface area contributed by atoms with Gasteiger partial charge in [0.2, 0.25) is 0 Å². The molecule has 0 amide bonds. The quantitative estimate of drug-likeness (QED) is 0.904. The smallest absolute Gasteiger partial charge is 0.0250 e. The van der Waals surface area contributed by atoms with Crippen molar-refractivity contribution in [3.8, 4) is 0 Å². The van der Waals surface area contributed by atoms with E-state index in [2.05, 4.69) is 52.5 Å². The fraction of sp³-hybridized carbons (Fsp3) is 0.647. The van der Waals surface area contributed by atoms with E-state index in [1.807, 2.05) is 0 Å². The molecule has 1 N–H and O–H groups in total. The summed E-state index contributed by atoms with van der Waals surface area (Å²) in [5, 5.41) is 3.51. The predicted molar refractivity (Wildman–Crippen MR) is 83.8 cm³/mol. The van der Waals surface area contributed by atoms with Crippen LogP contribution in [0.15, 0.2) is 30.3 Å². The molecule has 0 unspecified atom stereocenters. The molecule has 1 aliphatic heterocycles. The van der Waals surface area contributed by atoms with Crippen molar-refractivity contribution < 1.29 is 0 Å². The molecule has 110 valence electrons. The molecule has 20 heavy (non-hydrogen) atoms. The Kier molecular flexibility index (Phi) is 4.71. The number of nitrogens with one attached hydrogen (secondary N) is 1. The van der Waals surface area contributed by atoms with Crippen molar-refractivity contribution >= 4 is 0 Å².